The quantitative estimate of drug-likeness (QED) is 0.252. The summed E-state index contributed by atoms with van der Waals surface area (Å²) in [5.41, 5.74) is 1.83. The first-order chi connectivity index (χ1) is 17.5. The first-order valence-electron chi connectivity index (χ1n) is 12.6. The smallest absolute Gasteiger partial charge is 0.224 e. The summed E-state index contributed by atoms with van der Waals surface area (Å²) in [4.78, 5) is 21.9. The molecule has 2 aliphatic rings. The van der Waals surface area contributed by atoms with Gasteiger partial charge in [-0.15, -0.1) is 0 Å². The number of anilines is 2. The predicted molar refractivity (Wildman–Crippen MR) is 142 cm³/mol. The van der Waals surface area contributed by atoms with Crippen molar-refractivity contribution in [2.75, 3.05) is 76.3 Å². The van der Waals surface area contributed by atoms with Crippen LogP contribution in [-0.4, -0.2) is 108 Å². The molecule has 36 heavy (non-hydrogen) atoms. The number of aryl methyl sites for hydroxylation is 1. The average Bonchev–Trinajstić information content (AvgIpc) is 2.88. The van der Waals surface area contributed by atoms with E-state index >= 15 is 0 Å². The van der Waals surface area contributed by atoms with Crippen molar-refractivity contribution in [2.24, 2.45) is 0 Å². The molecule has 0 saturated carbocycles. The molecule has 2 N–H and O–H groups in total. The van der Waals surface area contributed by atoms with Crippen LogP contribution in [0.4, 0.5) is 11.8 Å². The molecular formula is C24H36Cl2N8O2. The maximum atomic E-state index is 6.22. The highest BCUT2D eigenvalue weighted by Crippen LogP contribution is 2.19. The molecule has 4 heterocycles. The molecule has 0 bridgehead atoms. The Morgan fingerprint density at radius 3 is 2.69 bits per heavy atom. The minimum Gasteiger partial charge on any atom is -0.378 e. The molecule has 2 fully saturated rings. The van der Waals surface area contributed by atoms with Crippen LogP contribution in [0.2, 0.25) is 10.4 Å². The highest BCUT2D eigenvalue weighted by atomic mass is 35.5. The van der Waals surface area contributed by atoms with E-state index < -0.39 is 0 Å². The molecular weight excluding hydrogens is 503 g/mol. The summed E-state index contributed by atoms with van der Waals surface area (Å²) < 4.78 is 12.1. The Hall–Kier alpha value is -1.82. The van der Waals surface area contributed by atoms with Gasteiger partial charge in [-0.2, -0.15) is 0 Å². The molecule has 10 nitrogen and oxygen atoms in total. The van der Waals surface area contributed by atoms with Gasteiger partial charge in [0.15, 0.2) is 0 Å². The second-order valence-corrected chi connectivity index (χ2v) is 9.90. The van der Waals surface area contributed by atoms with Crippen LogP contribution >= 0.6 is 23.2 Å². The zero-order chi connectivity index (χ0) is 25.3. The van der Waals surface area contributed by atoms with Gasteiger partial charge in [-0.25, -0.2) is 19.9 Å². The van der Waals surface area contributed by atoms with Crippen molar-refractivity contribution < 1.29 is 9.47 Å². The number of nitrogens with zero attached hydrogens (tertiary/aromatic N) is 6. The lowest BCUT2D eigenvalue weighted by atomic mass is 10.1. The second kappa shape index (κ2) is 13.6. The number of hydrogen-bond donors (Lipinski definition) is 2. The van der Waals surface area contributed by atoms with E-state index in [1.54, 1.807) is 6.20 Å². The van der Waals surface area contributed by atoms with Crippen LogP contribution in [0.15, 0.2) is 12.3 Å². The molecule has 0 radical (unpaired) electrons. The van der Waals surface area contributed by atoms with Gasteiger partial charge in [-0.1, -0.05) is 11.6 Å². The Morgan fingerprint density at radius 1 is 1.03 bits per heavy atom. The van der Waals surface area contributed by atoms with Crippen LogP contribution in [-0.2, 0) is 9.47 Å². The van der Waals surface area contributed by atoms with Crippen LogP contribution in [0.3, 0.4) is 0 Å². The number of halogens is 2. The van der Waals surface area contributed by atoms with Crippen molar-refractivity contribution in [3.8, 4) is 0 Å². The molecule has 2 unspecified atom stereocenters. The lowest BCUT2D eigenvalue weighted by Gasteiger charge is -2.43. The first kappa shape index (κ1) is 27.2. The molecule has 2 aromatic rings. The Kier molecular flexibility index (Phi) is 10.3. The fourth-order valence-electron chi connectivity index (χ4n) is 4.55. The summed E-state index contributed by atoms with van der Waals surface area (Å²) >= 11 is 12.1. The van der Waals surface area contributed by atoms with E-state index in [4.69, 9.17) is 32.7 Å². The molecule has 198 valence electrons. The maximum absolute atomic E-state index is 6.22. The van der Waals surface area contributed by atoms with E-state index in [2.05, 4.69) is 40.4 Å². The normalized spacial score (nSPS) is 21.4. The lowest BCUT2D eigenvalue weighted by Crippen LogP contribution is -2.58. The summed E-state index contributed by atoms with van der Waals surface area (Å²) in [7, 11) is 0. The summed E-state index contributed by atoms with van der Waals surface area (Å²) in [6.07, 6.45) is 3.78. The molecule has 2 aliphatic heterocycles. The number of hydrogen-bond acceptors (Lipinski definition) is 10. The molecule has 2 atom stereocenters. The summed E-state index contributed by atoms with van der Waals surface area (Å²) in [5.74, 6) is 1.34. The van der Waals surface area contributed by atoms with Crippen molar-refractivity contribution in [2.45, 2.75) is 38.8 Å². The zero-order valence-electron chi connectivity index (χ0n) is 21.1. The average molecular weight is 540 g/mol. The summed E-state index contributed by atoms with van der Waals surface area (Å²) in [6.45, 7) is 12.5. The van der Waals surface area contributed by atoms with E-state index in [1.807, 2.05) is 19.9 Å². The van der Waals surface area contributed by atoms with Gasteiger partial charge in [-0.3, -0.25) is 9.80 Å². The minimum atomic E-state index is 0.141. The van der Waals surface area contributed by atoms with Gasteiger partial charge < -0.3 is 20.1 Å². The molecule has 2 saturated heterocycles. The molecule has 4 rings (SSSR count). The number of ether oxygens (including phenoxy) is 2. The minimum absolute atomic E-state index is 0.141. The molecule has 0 aliphatic carbocycles. The number of rotatable bonds is 11. The fraction of sp³-hybridized carbons (Fsp3) is 0.667. The van der Waals surface area contributed by atoms with Gasteiger partial charge in [0, 0.05) is 63.3 Å². The number of nitrogens with one attached hydrogen (secondary N) is 2. The third-order valence-electron chi connectivity index (χ3n) is 6.71. The zero-order valence-corrected chi connectivity index (χ0v) is 22.6. The van der Waals surface area contributed by atoms with Gasteiger partial charge in [-0.05, 0) is 44.4 Å². The van der Waals surface area contributed by atoms with Crippen LogP contribution in [0.5, 0.6) is 0 Å². The first-order valence-corrected chi connectivity index (χ1v) is 13.4. The van der Waals surface area contributed by atoms with Crippen molar-refractivity contribution in [3.63, 3.8) is 0 Å². The monoisotopic (exact) mass is 538 g/mol. The van der Waals surface area contributed by atoms with Gasteiger partial charge >= 0.3 is 0 Å². The Morgan fingerprint density at radius 2 is 1.86 bits per heavy atom. The van der Waals surface area contributed by atoms with Crippen molar-refractivity contribution >= 4 is 35.0 Å². The molecule has 0 amide bonds. The van der Waals surface area contributed by atoms with E-state index in [1.165, 1.54) is 0 Å². The fourth-order valence-corrected chi connectivity index (χ4v) is 4.92. The Balaban J connectivity index is 1.19. The Labute approximate surface area is 223 Å². The van der Waals surface area contributed by atoms with E-state index in [0.29, 0.717) is 17.7 Å². The van der Waals surface area contributed by atoms with Gasteiger partial charge in [0.2, 0.25) is 11.2 Å². The summed E-state index contributed by atoms with van der Waals surface area (Å²) in [5, 5.41) is 7.39. The summed E-state index contributed by atoms with van der Waals surface area (Å²) in [6, 6.07) is 2.09. The van der Waals surface area contributed by atoms with E-state index in [-0.39, 0.29) is 17.4 Å². The van der Waals surface area contributed by atoms with E-state index in [0.717, 1.165) is 88.9 Å². The highest BCUT2D eigenvalue weighted by molar-refractivity contribution is 6.30. The molecule has 12 heteroatoms. The van der Waals surface area contributed by atoms with Crippen molar-refractivity contribution in [3.05, 3.63) is 34.0 Å². The topological polar surface area (TPSA) is 101 Å². The predicted octanol–water partition coefficient (Wildman–Crippen LogP) is 2.90. The number of aromatic nitrogens is 4. The van der Waals surface area contributed by atoms with E-state index in [9.17, 15) is 0 Å². The van der Waals surface area contributed by atoms with Crippen LogP contribution < -0.4 is 10.6 Å². The molecule has 0 spiro atoms. The third-order valence-corrected chi connectivity index (χ3v) is 7.26. The Bertz CT molecular complexity index is 962. The van der Waals surface area contributed by atoms with Crippen LogP contribution in [0.1, 0.15) is 24.1 Å². The molecule has 2 aromatic heterocycles. The standard InChI is InChI=1S/C24H36Cl2N8O2/c1-17-18(2)30-24(32-22(17)25)29-7-3-9-33-11-14-36-20(15-33)19-16-35-13-12-34(19)10-4-6-27-21-5-8-28-23(26)31-21/h5,8,19-20H,3-4,6-7,9-16H2,1-2H3,(H,27,28,31)(H,29,30,32). The largest absolute Gasteiger partial charge is 0.378 e. The molecule has 0 aromatic carbocycles. The lowest BCUT2D eigenvalue weighted by molar-refractivity contribution is -0.113. The highest BCUT2D eigenvalue weighted by Gasteiger charge is 2.34. The second-order valence-electron chi connectivity index (χ2n) is 9.21. The SMILES string of the molecule is Cc1nc(NCCCN2CCOC(C3COCCN3CCCNc3ccnc(Cl)n3)C2)nc(Cl)c1C. The number of morpholine rings is 2. The van der Waals surface area contributed by atoms with Gasteiger partial charge in [0.25, 0.3) is 0 Å². The maximum Gasteiger partial charge on any atom is 0.224 e. The van der Waals surface area contributed by atoms with Crippen molar-refractivity contribution in [1.82, 2.24) is 29.7 Å². The van der Waals surface area contributed by atoms with Gasteiger partial charge in [0.1, 0.15) is 11.0 Å². The van der Waals surface area contributed by atoms with Crippen LogP contribution in [0, 0.1) is 13.8 Å². The van der Waals surface area contributed by atoms with Crippen LogP contribution in [0.25, 0.3) is 0 Å². The third kappa shape index (κ3) is 7.84. The van der Waals surface area contributed by atoms with Crippen molar-refractivity contribution in [1.29, 1.82) is 0 Å². The van der Waals surface area contributed by atoms with Gasteiger partial charge in [0.05, 0.1) is 32.0 Å².